The first kappa shape index (κ1) is 26.7. The number of aryl methyl sites for hydroxylation is 2. The molecule has 0 bridgehead atoms. The molecule has 1 aliphatic rings. The van der Waals surface area contributed by atoms with Crippen LogP contribution in [0.15, 0.2) is 72.3 Å². The van der Waals surface area contributed by atoms with Crippen molar-refractivity contribution in [1.82, 2.24) is 0 Å². The van der Waals surface area contributed by atoms with Gasteiger partial charge in [0.25, 0.3) is 11.7 Å². The van der Waals surface area contributed by atoms with Crippen LogP contribution in [-0.4, -0.2) is 35.5 Å². The Morgan fingerprint density at radius 1 is 0.974 bits per heavy atom. The molecule has 0 aromatic heterocycles. The van der Waals surface area contributed by atoms with E-state index in [-0.39, 0.29) is 23.0 Å². The summed E-state index contributed by atoms with van der Waals surface area (Å²) in [6, 6.07) is 18.1. The lowest BCUT2D eigenvalue weighted by Crippen LogP contribution is -2.29. The molecule has 0 saturated carbocycles. The summed E-state index contributed by atoms with van der Waals surface area (Å²) in [4.78, 5) is 40.9. The van der Waals surface area contributed by atoms with Gasteiger partial charge in [0.1, 0.15) is 11.5 Å². The third-order valence-corrected chi connectivity index (χ3v) is 6.25. The molecule has 1 amide bonds. The van der Waals surface area contributed by atoms with E-state index >= 15 is 0 Å². The number of carbonyl (C=O) groups is 3. The van der Waals surface area contributed by atoms with Gasteiger partial charge >= 0.3 is 5.97 Å². The van der Waals surface area contributed by atoms with Gasteiger partial charge in [-0.3, -0.25) is 14.5 Å². The van der Waals surface area contributed by atoms with Crippen molar-refractivity contribution in [2.75, 3.05) is 11.5 Å². The zero-order valence-corrected chi connectivity index (χ0v) is 22.1. The summed E-state index contributed by atoms with van der Waals surface area (Å²) >= 11 is 0. The molecular weight excluding hydrogens is 482 g/mol. The molecule has 3 aromatic rings. The first-order chi connectivity index (χ1) is 18.1. The van der Waals surface area contributed by atoms with Crippen LogP contribution in [0.4, 0.5) is 5.69 Å². The van der Waals surface area contributed by atoms with Gasteiger partial charge in [0.2, 0.25) is 0 Å². The van der Waals surface area contributed by atoms with Gasteiger partial charge in [0.15, 0.2) is 0 Å². The van der Waals surface area contributed by atoms with E-state index in [4.69, 9.17) is 9.47 Å². The van der Waals surface area contributed by atoms with Crippen molar-refractivity contribution in [3.63, 3.8) is 0 Å². The second-order valence-corrected chi connectivity index (χ2v) is 9.50. The molecule has 1 unspecified atom stereocenters. The quantitative estimate of drug-likeness (QED) is 0.183. The van der Waals surface area contributed by atoms with Crippen molar-refractivity contribution in [2.24, 2.45) is 0 Å². The van der Waals surface area contributed by atoms with E-state index in [2.05, 4.69) is 0 Å². The minimum atomic E-state index is -0.904. The van der Waals surface area contributed by atoms with Gasteiger partial charge in [-0.1, -0.05) is 35.9 Å². The van der Waals surface area contributed by atoms with E-state index in [0.717, 1.165) is 11.1 Å². The second kappa shape index (κ2) is 10.9. The van der Waals surface area contributed by atoms with Crippen LogP contribution >= 0.6 is 0 Å². The summed E-state index contributed by atoms with van der Waals surface area (Å²) in [7, 11) is 0. The highest BCUT2D eigenvalue weighted by atomic mass is 16.5. The molecule has 1 aliphatic heterocycles. The fraction of sp³-hybridized carbons (Fsp3) is 0.258. The number of benzene rings is 3. The molecule has 3 aromatic carbocycles. The van der Waals surface area contributed by atoms with Gasteiger partial charge in [-0.15, -0.1) is 0 Å². The monoisotopic (exact) mass is 513 g/mol. The maximum Gasteiger partial charge on any atom is 0.338 e. The zero-order chi connectivity index (χ0) is 27.6. The molecule has 4 rings (SSSR count). The van der Waals surface area contributed by atoms with Crippen molar-refractivity contribution in [3.05, 3.63) is 100 Å². The van der Waals surface area contributed by atoms with E-state index in [1.807, 2.05) is 45.0 Å². The number of carbonyl (C=O) groups excluding carboxylic acids is 3. The number of Topliss-reactive ketones (excluding diaryl/α,β-unsaturated/α-hetero) is 1. The summed E-state index contributed by atoms with van der Waals surface area (Å²) in [6.07, 6.45) is -0.315. The van der Waals surface area contributed by atoms with Gasteiger partial charge in [0, 0.05) is 11.3 Å². The van der Waals surface area contributed by atoms with Crippen molar-refractivity contribution in [3.8, 4) is 5.75 Å². The summed E-state index contributed by atoms with van der Waals surface area (Å²) < 4.78 is 10.9. The third-order valence-electron chi connectivity index (χ3n) is 6.25. The number of aliphatic hydroxyl groups is 1. The van der Waals surface area contributed by atoms with Crippen LogP contribution in [0.25, 0.3) is 5.76 Å². The lowest BCUT2D eigenvalue weighted by molar-refractivity contribution is -0.132. The number of aliphatic hydroxyl groups excluding tert-OH is 1. The first-order valence-corrected chi connectivity index (χ1v) is 12.5. The summed E-state index contributed by atoms with van der Waals surface area (Å²) in [6.45, 7) is 9.64. The normalized spacial score (nSPS) is 16.7. The maximum absolute atomic E-state index is 13.5. The summed E-state index contributed by atoms with van der Waals surface area (Å²) in [5, 5.41) is 11.4. The molecule has 1 saturated heterocycles. The zero-order valence-electron chi connectivity index (χ0n) is 22.1. The third kappa shape index (κ3) is 5.18. The Labute approximate surface area is 222 Å². The van der Waals surface area contributed by atoms with Crippen molar-refractivity contribution in [1.29, 1.82) is 0 Å². The van der Waals surface area contributed by atoms with E-state index in [0.29, 0.717) is 29.2 Å². The first-order valence-electron chi connectivity index (χ1n) is 12.5. The van der Waals surface area contributed by atoms with Crippen LogP contribution in [0.5, 0.6) is 5.75 Å². The highest BCUT2D eigenvalue weighted by molar-refractivity contribution is 6.51. The number of hydrogen-bond acceptors (Lipinski definition) is 6. The predicted molar refractivity (Wildman–Crippen MR) is 145 cm³/mol. The van der Waals surface area contributed by atoms with Crippen molar-refractivity contribution in [2.45, 2.75) is 46.8 Å². The van der Waals surface area contributed by atoms with Gasteiger partial charge < -0.3 is 14.6 Å². The number of ether oxygens (including phenoxy) is 2. The van der Waals surface area contributed by atoms with Crippen LogP contribution < -0.4 is 9.64 Å². The average molecular weight is 514 g/mol. The number of nitrogens with zero attached hydrogens (tertiary/aromatic N) is 1. The van der Waals surface area contributed by atoms with Gasteiger partial charge in [-0.2, -0.15) is 0 Å². The molecule has 196 valence electrons. The smallest absolute Gasteiger partial charge is 0.338 e. The number of rotatable bonds is 7. The maximum atomic E-state index is 13.5. The summed E-state index contributed by atoms with van der Waals surface area (Å²) in [5.41, 5.74) is 3.34. The number of amides is 1. The molecule has 7 heteroatoms. The molecule has 0 aliphatic carbocycles. The van der Waals surface area contributed by atoms with E-state index in [1.165, 1.54) is 11.0 Å². The molecule has 1 fully saturated rings. The Morgan fingerprint density at radius 3 is 2.37 bits per heavy atom. The topological polar surface area (TPSA) is 93.1 Å². The van der Waals surface area contributed by atoms with Gasteiger partial charge in [-0.05, 0) is 82.1 Å². The lowest BCUT2D eigenvalue weighted by Gasteiger charge is -2.26. The Morgan fingerprint density at radius 2 is 1.71 bits per heavy atom. The molecule has 7 nitrogen and oxygen atoms in total. The second-order valence-electron chi connectivity index (χ2n) is 9.50. The molecule has 1 N–H and O–H groups in total. The fourth-order valence-electron chi connectivity index (χ4n) is 4.59. The molecule has 0 radical (unpaired) electrons. The van der Waals surface area contributed by atoms with Crippen LogP contribution in [-0.2, 0) is 14.3 Å². The predicted octanol–water partition coefficient (Wildman–Crippen LogP) is 5.89. The number of hydrogen-bond donors (Lipinski definition) is 1. The Balaban J connectivity index is 1.89. The number of esters is 1. The molecule has 38 heavy (non-hydrogen) atoms. The molecular formula is C31H31NO6. The minimum absolute atomic E-state index is 0.0284. The van der Waals surface area contributed by atoms with Crippen LogP contribution in [0.2, 0.25) is 0 Å². The van der Waals surface area contributed by atoms with E-state index in [1.54, 1.807) is 50.2 Å². The SMILES string of the molecule is CCOc1ccc(/C(O)=C2\C(=O)C(=O)N(c3cccc(C(=O)OC(C)C)c3)C2c2cccc(C)c2)cc1C. The average Bonchev–Trinajstić information content (AvgIpc) is 3.15. The van der Waals surface area contributed by atoms with Gasteiger partial charge in [0.05, 0.1) is 29.9 Å². The summed E-state index contributed by atoms with van der Waals surface area (Å²) in [5.74, 6) is -1.75. The Bertz CT molecular complexity index is 1440. The highest BCUT2D eigenvalue weighted by Gasteiger charge is 2.47. The standard InChI is InChI=1S/C31H31NO6/c1-6-37-25-14-13-22(16-20(25)5)28(33)26-27(21-10-7-9-19(4)15-21)32(30(35)29(26)34)24-12-8-11-23(17-24)31(36)38-18(2)3/h7-18,27,33H,6H2,1-5H3/b28-26+. The van der Waals surface area contributed by atoms with Crippen molar-refractivity contribution >= 4 is 29.1 Å². The van der Waals surface area contributed by atoms with Crippen LogP contribution in [0, 0.1) is 13.8 Å². The number of anilines is 1. The van der Waals surface area contributed by atoms with Crippen molar-refractivity contribution < 1.29 is 29.0 Å². The molecule has 1 heterocycles. The number of ketones is 1. The fourth-order valence-corrected chi connectivity index (χ4v) is 4.59. The highest BCUT2D eigenvalue weighted by Crippen LogP contribution is 2.42. The van der Waals surface area contributed by atoms with Gasteiger partial charge in [-0.25, -0.2) is 4.79 Å². The largest absolute Gasteiger partial charge is 0.507 e. The molecule has 0 spiro atoms. The Kier molecular flexibility index (Phi) is 7.67. The van der Waals surface area contributed by atoms with E-state index in [9.17, 15) is 19.5 Å². The Hall–Kier alpha value is -4.39. The van der Waals surface area contributed by atoms with E-state index < -0.39 is 23.7 Å². The molecule has 1 atom stereocenters. The van der Waals surface area contributed by atoms with Crippen LogP contribution in [0.1, 0.15) is 59.4 Å². The van der Waals surface area contributed by atoms with Crippen LogP contribution in [0.3, 0.4) is 0 Å². The lowest BCUT2D eigenvalue weighted by atomic mass is 9.93. The minimum Gasteiger partial charge on any atom is -0.507 e.